The second-order valence-corrected chi connectivity index (χ2v) is 3.60. The quantitative estimate of drug-likeness (QED) is 0.734. The second kappa shape index (κ2) is 3.90. The van der Waals surface area contributed by atoms with Crippen LogP contribution in [0.25, 0.3) is 0 Å². The Morgan fingerprint density at radius 1 is 1.60 bits per heavy atom. The van der Waals surface area contributed by atoms with Gasteiger partial charge >= 0.3 is 0 Å². The smallest absolute Gasteiger partial charge is 0.239 e. The Hall–Kier alpha value is -1.55. The molecule has 0 saturated heterocycles. The molecule has 1 heterocycles. The third-order valence-corrected chi connectivity index (χ3v) is 2.69. The fourth-order valence-corrected chi connectivity index (χ4v) is 1.92. The molecule has 4 nitrogen and oxygen atoms in total. The Morgan fingerprint density at radius 3 is 3.07 bits per heavy atom. The molecule has 2 rings (SSSR count). The highest BCUT2D eigenvalue weighted by Crippen LogP contribution is 2.26. The number of hydrogen-bond donors (Lipinski definition) is 2. The van der Waals surface area contributed by atoms with Crippen LogP contribution in [-0.2, 0) is 11.2 Å². The standard InChI is InChI=1S/C11H14N2O2/c1-15-8-2-3-9-7(6-8)4-5-13-10(9)11(12)14/h2-3,6,10,13H,4-5H2,1H3,(H2,12,14). The predicted molar refractivity (Wildman–Crippen MR) is 56.6 cm³/mol. The van der Waals surface area contributed by atoms with Crippen LogP contribution in [0, 0.1) is 0 Å². The minimum absolute atomic E-state index is 0.332. The Bertz CT molecular complexity index is 390. The van der Waals surface area contributed by atoms with Crippen molar-refractivity contribution in [1.82, 2.24) is 5.32 Å². The van der Waals surface area contributed by atoms with Gasteiger partial charge in [0.05, 0.1) is 7.11 Å². The number of carbonyl (C=O) groups excluding carboxylic acids is 1. The van der Waals surface area contributed by atoms with Gasteiger partial charge in [-0.05, 0) is 29.7 Å². The van der Waals surface area contributed by atoms with E-state index in [9.17, 15) is 4.79 Å². The van der Waals surface area contributed by atoms with E-state index in [0.29, 0.717) is 0 Å². The first kappa shape index (κ1) is 9.98. The van der Waals surface area contributed by atoms with E-state index in [1.54, 1.807) is 7.11 Å². The zero-order valence-electron chi connectivity index (χ0n) is 8.62. The normalized spacial score (nSPS) is 19.4. The summed E-state index contributed by atoms with van der Waals surface area (Å²) in [6.45, 7) is 0.772. The minimum atomic E-state index is -0.361. The fraction of sp³-hybridized carbons (Fsp3) is 0.364. The van der Waals surface area contributed by atoms with Crippen LogP contribution >= 0.6 is 0 Å². The first-order valence-corrected chi connectivity index (χ1v) is 4.92. The predicted octanol–water partition coefficient (Wildman–Crippen LogP) is 0.367. The minimum Gasteiger partial charge on any atom is -0.497 e. The van der Waals surface area contributed by atoms with Crippen molar-refractivity contribution in [3.63, 3.8) is 0 Å². The van der Waals surface area contributed by atoms with Crippen LogP contribution < -0.4 is 15.8 Å². The van der Waals surface area contributed by atoms with Gasteiger partial charge in [0, 0.05) is 6.54 Å². The summed E-state index contributed by atoms with van der Waals surface area (Å²) < 4.78 is 5.14. The summed E-state index contributed by atoms with van der Waals surface area (Å²) in [6, 6.07) is 5.35. The van der Waals surface area contributed by atoms with Gasteiger partial charge in [0.2, 0.25) is 5.91 Å². The summed E-state index contributed by atoms with van der Waals surface area (Å²) in [5.74, 6) is 0.486. The molecule has 1 aromatic rings. The number of ether oxygens (including phenoxy) is 1. The van der Waals surface area contributed by atoms with Crippen molar-refractivity contribution in [2.45, 2.75) is 12.5 Å². The number of fused-ring (bicyclic) bond motifs is 1. The second-order valence-electron chi connectivity index (χ2n) is 3.60. The molecule has 0 spiro atoms. The summed E-state index contributed by atoms with van der Waals surface area (Å²) in [6.07, 6.45) is 0.899. The van der Waals surface area contributed by atoms with Gasteiger partial charge in [-0.1, -0.05) is 6.07 Å². The van der Waals surface area contributed by atoms with Crippen molar-refractivity contribution in [3.8, 4) is 5.75 Å². The van der Waals surface area contributed by atoms with E-state index in [-0.39, 0.29) is 11.9 Å². The Labute approximate surface area is 88.4 Å². The highest BCUT2D eigenvalue weighted by molar-refractivity contribution is 5.82. The van der Waals surface area contributed by atoms with E-state index in [2.05, 4.69) is 5.32 Å². The summed E-state index contributed by atoms with van der Waals surface area (Å²) in [5.41, 5.74) is 7.42. The van der Waals surface area contributed by atoms with Crippen molar-refractivity contribution in [2.24, 2.45) is 5.73 Å². The SMILES string of the molecule is COc1ccc2c(c1)CCNC2C(N)=O. The number of primary amides is 1. The van der Waals surface area contributed by atoms with Gasteiger partial charge in [-0.3, -0.25) is 4.79 Å². The van der Waals surface area contributed by atoms with E-state index in [1.807, 2.05) is 18.2 Å². The Kier molecular flexibility index (Phi) is 2.60. The van der Waals surface area contributed by atoms with Crippen LogP contribution in [0.3, 0.4) is 0 Å². The Morgan fingerprint density at radius 2 is 2.40 bits per heavy atom. The van der Waals surface area contributed by atoms with Gasteiger partial charge in [-0.2, -0.15) is 0 Å². The van der Waals surface area contributed by atoms with Crippen LogP contribution in [0.15, 0.2) is 18.2 Å². The van der Waals surface area contributed by atoms with Crippen molar-refractivity contribution < 1.29 is 9.53 Å². The Balaban J connectivity index is 2.40. The largest absolute Gasteiger partial charge is 0.497 e. The number of amides is 1. The summed E-state index contributed by atoms with van der Waals surface area (Å²) >= 11 is 0. The highest BCUT2D eigenvalue weighted by Gasteiger charge is 2.24. The van der Waals surface area contributed by atoms with Crippen molar-refractivity contribution >= 4 is 5.91 Å². The molecule has 1 atom stereocenters. The highest BCUT2D eigenvalue weighted by atomic mass is 16.5. The molecule has 0 fully saturated rings. The molecule has 15 heavy (non-hydrogen) atoms. The zero-order chi connectivity index (χ0) is 10.8. The molecule has 4 heteroatoms. The molecule has 1 aliphatic heterocycles. The van der Waals surface area contributed by atoms with Gasteiger partial charge in [0.25, 0.3) is 0 Å². The van der Waals surface area contributed by atoms with Crippen LogP contribution in [-0.4, -0.2) is 19.6 Å². The molecule has 0 radical (unpaired) electrons. The molecule has 1 aromatic carbocycles. The first-order chi connectivity index (χ1) is 7.22. The third-order valence-electron chi connectivity index (χ3n) is 2.69. The molecule has 80 valence electrons. The molecule has 1 amide bonds. The third kappa shape index (κ3) is 1.80. The molecule has 1 aliphatic rings. The molecule has 0 bridgehead atoms. The topological polar surface area (TPSA) is 64.3 Å². The number of nitrogens with one attached hydrogen (secondary N) is 1. The van der Waals surface area contributed by atoms with Crippen LogP contribution in [0.1, 0.15) is 17.2 Å². The van der Waals surface area contributed by atoms with Crippen molar-refractivity contribution in [2.75, 3.05) is 13.7 Å². The number of rotatable bonds is 2. The lowest BCUT2D eigenvalue weighted by Crippen LogP contribution is -2.38. The molecular formula is C11H14N2O2. The lowest BCUT2D eigenvalue weighted by Gasteiger charge is -2.24. The van der Waals surface area contributed by atoms with E-state index in [1.165, 1.54) is 0 Å². The maximum atomic E-state index is 11.2. The lowest BCUT2D eigenvalue weighted by atomic mass is 9.94. The first-order valence-electron chi connectivity index (χ1n) is 4.92. The maximum absolute atomic E-state index is 11.2. The average molecular weight is 206 g/mol. The van der Waals surface area contributed by atoms with Crippen LogP contribution in [0.2, 0.25) is 0 Å². The number of nitrogens with two attached hydrogens (primary N) is 1. The van der Waals surface area contributed by atoms with E-state index in [4.69, 9.17) is 10.5 Å². The molecular weight excluding hydrogens is 192 g/mol. The van der Waals surface area contributed by atoms with Gasteiger partial charge in [0.15, 0.2) is 0 Å². The summed E-state index contributed by atoms with van der Waals surface area (Å²) in [5, 5.41) is 3.10. The van der Waals surface area contributed by atoms with Crippen molar-refractivity contribution in [3.05, 3.63) is 29.3 Å². The van der Waals surface area contributed by atoms with E-state index >= 15 is 0 Å². The fourth-order valence-electron chi connectivity index (χ4n) is 1.92. The van der Waals surface area contributed by atoms with Crippen LogP contribution in [0.5, 0.6) is 5.75 Å². The number of hydrogen-bond acceptors (Lipinski definition) is 3. The molecule has 0 aliphatic carbocycles. The molecule has 3 N–H and O–H groups in total. The molecule has 0 saturated carbocycles. The van der Waals surface area contributed by atoms with Gasteiger partial charge < -0.3 is 15.8 Å². The molecule has 1 unspecified atom stereocenters. The van der Waals surface area contributed by atoms with Gasteiger partial charge in [-0.15, -0.1) is 0 Å². The van der Waals surface area contributed by atoms with E-state index in [0.717, 1.165) is 29.8 Å². The average Bonchev–Trinajstić information content (AvgIpc) is 2.27. The maximum Gasteiger partial charge on any atom is 0.239 e. The number of carbonyl (C=O) groups is 1. The summed E-state index contributed by atoms with van der Waals surface area (Å²) in [4.78, 5) is 11.2. The lowest BCUT2D eigenvalue weighted by molar-refractivity contribution is -0.120. The number of methoxy groups -OCH3 is 1. The van der Waals surface area contributed by atoms with E-state index < -0.39 is 0 Å². The zero-order valence-corrected chi connectivity index (χ0v) is 8.62. The van der Waals surface area contributed by atoms with Crippen LogP contribution in [0.4, 0.5) is 0 Å². The van der Waals surface area contributed by atoms with Crippen molar-refractivity contribution in [1.29, 1.82) is 0 Å². The summed E-state index contributed by atoms with van der Waals surface area (Å²) in [7, 11) is 1.63. The monoisotopic (exact) mass is 206 g/mol. The number of benzene rings is 1. The van der Waals surface area contributed by atoms with Gasteiger partial charge in [-0.25, -0.2) is 0 Å². The molecule has 0 aromatic heterocycles. The van der Waals surface area contributed by atoms with Gasteiger partial charge in [0.1, 0.15) is 11.8 Å².